The van der Waals surface area contributed by atoms with Crippen LogP contribution in [0, 0.1) is 0 Å². The van der Waals surface area contributed by atoms with Crippen LogP contribution >= 0.6 is 11.6 Å². The molecular formula is C36H24ClN3O2. The highest BCUT2D eigenvalue weighted by Crippen LogP contribution is 2.58. The van der Waals surface area contributed by atoms with Crippen molar-refractivity contribution < 1.29 is 9.47 Å². The van der Waals surface area contributed by atoms with Gasteiger partial charge in [0.15, 0.2) is 40.5 Å². The Morgan fingerprint density at radius 2 is 1.17 bits per heavy atom. The molecule has 8 rings (SSSR count). The van der Waals surface area contributed by atoms with Crippen LogP contribution in [0.3, 0.4) is 0 Å². The van der Waals surface area contributed by atoms with Gasteiger partial charge in [0.25, 0.3) is 0 Å². The Hall–Kier alpha value is -5.00. The number of halogens is 1. The molecule has 0 amide bonds. The second-order valence-corrected chi connectivity index (χ2v) is 11.5. The molecule has 0 atom stereocenters. The van der Waals surface area contributed by atoms with Gasteiger partial charge in [0, 0.05) is 32.7 Å². The number of hydrogen-bond donors (Lipinski definition) is 0. The number of aromatic nitrogens is 3. The average Bonchev–Trinajstić information content (AvgIpc) is 3.27. The van der Waals surface area contributed by atoms with E-state index >= 15 is 0 Å². The summed E-state index contributed by atoms with van der Waals surface area (Å²) in [5, 5.41) is 0.654. The van der Waals surface area contributed by atoms with Crippen molar-refractivity contribution in [2.24, 2.45) is 0 Å². The van der Waals surface area contributed by atoms with Crippen LogP contribution < -0.4 is 9.47 Å². The first kappa shape index (κ1) is 24.8. The van der Waals surface area contributed by atoms with Gasteiger partial charge in [-0.1, -0.05) is 86.1 Å². The van der Waals surface area contributed by atoms with Crippen LogP contribution in [0.4, 0.5) is 0 Å². The summed E-state index contributed by atoms with van der Waals surface area (Å²) in [5.74, 6) is 4.39. The molecule has 0 saturated heterocycles. The maximum Gasteiger partial charge on any atom is 0.178 e. The molecule has 6 heteroatoms. The van der Waals surface area contributed by atoms with E-state index in [4.69, 9.17) is 36.0 Å². The largest absolute Gasteiger partial charge is 0.449 e. The Bertz CT molecular complexity index is 2020. The smallest absolute Gasteiger partial charge is 0.178 e. The summed E-state index contributed by atoms with van der Waals surface area (Å²) in [5.41, 5.74) is 7.24. The second-order valence-electron chi connectivity index (χ2n) is 11.0. The van der Waals surface area contributed by atoms with E-state index in [1.807, 2.05) is 78.9 Å². The molecule has 1 aliphatic carbocycles. The van der Waals surface area contributed by atoms with Crippen LogP contribution in [0.15, 0.2) is 109 Å². The lowest BCUT2D eigenvalue weighted by molar-refractivity contribution is 0.360. The van der Waals surface area contributed by atoms with E-state index in [1.54, 1.807) is 0 Å². The number of nitrogens with zero attached hydrogens (tertiary/aromatic N) is 3. The molecule has 5 aromatic carbocycles. The van der Waals surface area contributed by atoms with Crippen LogP contribution in [-0.4, -0.2) is 15.0 Å². The third-order valence-electron chi connectivity index (χ3n) is 8.07. The normalized spacial score (nSPS) is 13.7. The summed E-state index contributed by atoms with van der Waals surface area (Å²) >= 11 is 6.15. The van der Waals surface area contributed by atoms with Gasteiger partial charge >= 0.3 is 0 Å². The van der Waals surface area contributed by atoms with E-state index < -0.39 is 0 Å². The highest BCUT2D eigenvalue weighted by atomic mass is 35.5. The van der Waals surface area contributed by atoms with E-state index in [9.17, 15) is 0 Å². The van der Waals surface area contributed by atoms with Crippen molar-refractivity contribution in [3.8, 4) is 68.3 Å². The molecule has 202 valence electrons. The Balaban J connectivity index is 1.22. The summed E-state index contributed by atoms with van der Waals surface area (Å²) in [4.78, 5) is 14.5. The van der Waals surface area contributed by atoms with Gasteiger partial charge in [0.05, 0.1) is 0 Å². The molecule has 0 spiro atoms. The zero-order chi connectivity index (χ0) is 28.4. The summed E-state index contributed by atoms with van der Waals surface area (Å²) in [6, 6.07) is 35.9. The van der Waals surface area contributed by atoms with Crippen molar-refractivity contribution in [3.05, 3.63) is 125 Å². The van der Waals surface area contributed by atoms with E-state index in [1.165, 1.54) is 16.7 Å². The number of benzene rings is 5. The molecule has 0 fully saturated rings. The molecule has 6 aromatic rings. The van der Waals surface area contributed by atoms with Crippen molar-refractivity contribution in [2.45, 2.75) is 19.3 Å². The molecule has 0 unspecified atom stereocenters. The van der Waals surface area contributed by atoms with Gasteiger partial charge in [0.2, 0.25) is 0 Å². The van der Waals surface area contributed by atoms with Crippen molar-refractivity contribution in [1.29, 1.82) is 0 Å². The van der Waals surface area contributed by atoms with E-state index in [2.05, 4.69) is 44.2 Å². The molecule has 2 aliphatic rings. The van der Waals surface area contributed by atoms with Crippen LogP contribution in [0.25, 0.3) is 45.3 Å². The average molecular weight is 566 g/mol. The maximum atomic E-state index is 6.57. The lowest BCUT2D eigenvalue weighted by Gasteiger charge is -2.25. The van der Waals surface area contributed by atoms with Crippen molar-refractivity contribution >= 4 is 11.6 Å². The second kappa shape index (κ2) is 9.26. The third kappa shape index (κ3) is 3.89. The fraction of sp³-hybridized carbons (Fsp3) is 0.0833. The quantitative estimate of drug-likeness (QED) is 0.213. The molecule has 1 aromatic heterocycles. The predicted molar refractivity (Wildman–Crippen MR) is 165 cm³/mol. The summed E-state index contributed by atoms with van der Waals surface area (Å²) in [7, 11) is 0. The van der Waals surface area contributed by atoms with Crippen LogP contribution in [0.5, 0.6) is 23.0 Å². The van der Waals surface area contributed by atoms with Gasteiger partial charge in [-0.15, -0.1) is 0 Å². The Morgan fingerprint density at radius 1 is 0.548 bits per heavy atom. The molecule has 0 bridgehead atoms. The van der Waals surface area contributed by atoms with Gasteiger partial charge in [-0.2, -0.15) is 0 Å². The fourth-order valence-corrected chi connectivity index (χ4v) is 6.04. The lowest BCUT2D eigenvalue weighted by atomic mass is 9.82. The van der Waals surface area contributed by atoms with Crippen LogP contribution in [0.2, 0.25) is 5.02 Å². The summed E-state index contributed by atoms with van der Waals surface area (Å²) in [6.07, 6.45) is 0. The van der Waals surface area contributed by atoms with Gasteiger partial charge in [-0.25, -0.2) is 15.0 Å². The minimum atomic E-state index is -0.120. The molecule has 2 heterocycles. The highest BCUT2D eigenvalue weighted by Gasteiger charge is 2.39. The lowest BCUT2D eigenvalue weighted by Crippen LogP contribution is -2.15. The zero-order valence-electron chi connectivity index (χ0n) is 22.9. The van der Waals surface area contributed by atoms with E-state index in [0.29, 0.717) is 39.7 Å². The van der Waals surface area contributed by atoms with Gasteiger partial charge in [0.1, 0.15) is 0 Å². The Morgan fingerprint density at radius 3 is 1.93 bits per heavy atom. The van der Waals surface area contributed by atoms with E-state index in [0.717, 1.165) is 28.0 Å². The Labute approximate surface area is 248 Å². The number of ether oxygens (including phenoxy) is 2. The molecule has 5 nitrogen and oxygen atoms in total. The third-order valence-corrected chi connectivity index (χ3v) is 8.32. The monoisotopic (exact) mass is 565 g/mol. The molecule has 42 heavy (non-hydrogen) atoms. The van der Waals surface area contributed by atoms with Crippen LogP contribution in [0.1, 0.15) is 25.0 Å². The highest BCUT2D eigenvalue weighted by molar-refractivity contribution is 6.30. The summed E-state index contributed by atoms with van der Waals surface area (Å²) < 4.78 is 13.0. The first-order valence-electron chi connectivity index (χ1n) is 13.8. The van der Waals surface area contributed by atoms with Crippen molar-refractivity contribution in [1.82, 2.24) is 15.0 Å². The molecular weight excluding hydrogens is 542 g/mol. The number of rotatable bonds is 3. The first-order valence-corrected chi connectivity index (χ1v) is 14.2. The first-order chi connectivity index (χ1) is 20.5. The Kier molecular flexibility index (Phi) is 5.46. The van der Waals surface area contributed by atoms with E-state index in [-0.39, 0.29) is 5.41 Å². The predicted octanol–water partition coefficient (Wildman–Crippen LogP) is 9.73. The molecule has 0 radical (unpaired) electrons. The summed E-state index contributed by atoms with van der Waals surface area (Å²) in [6.45, 7) is 4.51. The zero-order valence-corrected chi connectivity index (χ0v) is 23.7. The molecule has 0 N–H and O–H groups in total. The van der Waals surface area contributed by atoms with Gasteiger partial charge < -0.3 is 9.47 Å². The standard InChI is InChI=1S/C36H24ClN3O2/c1-36(2)26-11-7-6-10-25(26)31-27(36)17-19-29-32(31)42-28-18-14-23(20-30(28)41-29)35-39-33(21-8-4-3-5-9-21)38-34(40-35)22-12-15-24(37)16-13-22/h3-20H,1-2H3. The minimum absolute atomic E-state index is 0.120. The van der Waals surface area contributed by atoms with Gasteiger partial charge in [-0.05, 0) is 65.2 Å². The number of fused-ring (bicyclic) bond motifs is 6. The molecule has 1 aliphatic heterocycles. The van der Waals surface area contributed by atoms with Crippen LogP contribution in [-0.2, 0) is 5.41 Å². The molecule has 0 saturated carbocycles. The maximum absolute atomic E-state index is 6.57. The topological polar surface area (TPSA) is 57.1 Å². The fourth-order valence-electron chi connectivity index (χ4n) is 5.91. The minimum Gasteiger partial charge on any atom is -0.449 e. The SMILES string of the molecule is CC1(C)c2ccccc2-c2c1ccc1c2Oc2ccc(-c3nc(-c4ccccc4)nc(-c4ccc(Cl)cc4)n3)cc2O1. The van der Waals surface area contributed by atoms with Gasteiger partial charge in [-0.3, -0.25) is 0 Å². The number of hydrogen-bond acceptors (Lipinski definition) is 5. The van der Waals surface area contributed by atoms with Crippen molar-refractivity contribution in [3.63, 3.8) is 0 Å². The van der Waals surface area contributed by atoms with Crippen molar-refractivity contribution in [2.75, 3.05) is 0 Å².